The second-order valence-corrected chi connectivity index (χ2v) is 5.55. The van der Waals surface area contributed by atoms with Crippen molar-refractivity contribution >= 4 is 23.7 Å². The summed E-state index contributed by atoms with van der Waals surface area (Å²) in [7, 11) is 0. The van der Waals surface area contributed by atoms with Gasteiger partial charge in [-0.2, -0.15) is 0 Å². The maximum Gasteiger partial charge on any atom is 0.313 e. The third-order valence-corrected chi connectivity index (χ3v) is 3.76. The van der Waals surface area contributed by atoms with Gasteiger partial charge in [-0.15, -0.1) is 10.2 Å². The molecule has 2 aromatic rings. The van der Waals surface area contributed by atoms with Gasteiger partial charge >= 0.3 is 5.97 Å². The minimum atomic E-state index is -0.902. The Kier molecular flexibility index (Phi) is 3.99. The molecule has 7 heteroatoms. The van der Waals surface area contributed by atoms with Gasteiger partial charge in [-0.05, 0) is 31.9 Å². The van der Waals surface area contributed by atoms with E-state index in [1.807, 2.05) is 32.9 Å². The van der Waals surface area contributed by atoms with Gasteiger partial charge in [0.05, 0.1) is 11.4 Å². The van der Waals surface area contributed by atoms with Gasteiger partial charge in [0.25, 0.3) is 0 Å². The molecule has 0 amide bonds. The molecule has 0 aliphatic rings. The van der Waals surface area contributed by atoms with Crippen LogP contribution in [-0.2, 0) is 4.79 Å². The lowest BCUT2D eigenvalue weighted by atomic mass is 10.1. The maximum atomic E-state index is 10.7. The van der Waals surface area contributed by atoms with E-state index in [0.717, 1.165) is 34.1 Å². The number of aromatic nitrogens is 3. The first kappa shape index (κ1) is 14.4. The van der Waals surface area contributed by atoms with Crippen molar-refractivity contribution in [1.82, 2.24) is 14.8 Å². The Morgan fingerprint density at radius 1 is 1.30 bits per heavy atom. The Morgan fingerprint density at radius 3 is 2.45 bits per heavy atom. The van der Waals surface area contributed by atoms with Crippen LogP contribution in [0, 0.1) is 20.8 Å². The molecule has 0 aliphatic carbocycles. The van der Waals surface area contributed by atoms with E-state index in [-0.39, 0.29) is 11.7 Å². The van der Waals surface area contributed by atoms with Gasteiger partial charge in [0, 0.05) is 0 Å². The first-order chi connectivity index (χ1) is 9.40. The van der Waals surface area contributed by atoms with Gasteiger partial charge < -0.3 is 10.8 Å². The molecular formula is C13H16N4O2S. The zero-order chi connectivity index (χ0) is 14.9. The van der Waals surface area contributed by atoms with Crippen LogP contribution in [0.1, 0.15) is 16.7 Å². The van der Waals surface area contributed by atoms with E-state index in [4.69, 9.17) is 10.8 Å². The van der Waals surface area contributed by atoms with E-state index in [1.54, 1.807) is 4.57 Å². The van der Waals surface area contributed by atoms with E-state index >= 15 is 0 Å². The molecule has 0 aliphatic heterocycles. The number of nitrogens with zero attached hydrogens (tertiary/aromatic N) is 3. The van der Waals surface area contributed by atoms with Crippen molar-refractivity contribution in [2.24, 2.45) is 0 Å². The fraction of sp³-hybridized carbons (Fsp3) is 0.308. The van der Waals surface area contributed by atoms with Crippen molar-refractivity contribution in [2.75, 3.05) is 11.5 Å². The standard InChI is InChI=1S/C13H16N4O2S/c1-7-4-8(2)11(9(3)5-7)17-12(14)15-16-13(17)20-6-10(18)19/h4-5H,6H2,1-3H3,(H2,14,15)(H,18,19). The molecule has 1 aromatic carbocycles. The summed E-state index contributed by atoms with van der Waals surface area (Å²) in [5.41, 5.74) is 10.0. The van der Waals surface area contributed by atoms with Crippen molar-refractivity contribution < 1.29 is 9.90 Å². The Labute approximate surface area is 121 Å². The van der Waals surface area contributed by atoms with E-state index in [0.29, 0.717) is 5.16 Å². The average Bonchev–Trinajstić information content (AvgIpc) is 2.67. The molecule has 0 saturated carbocycles. The molecule has 0 radical (unpaired) electrons. The largest absolute Gasteiger partial charge is 0.481 e. The maximum absolute atomic E-state index is 10.7. The second kappa shape index (κ2) is 5.54. The van der Waals surface area contributed by atoms with Crippen LogP contribution in [0.3, 0.4) is 0 Å². The summed E-state index contributed by atoms with van der Waals surface area (Å²) in [6, 6.07) is 4.10. The van der Waals surface area contributed by atoms with Crippen molar-refractivity contribution in [2.45, 2.75) is 25.9 Å². The van der Waals surface area contributed by atoms with Gasteiger partial charge in [-0.1, -0.05) is 29.5 Å². The highest BCUT2D eigenvalue weighted by atomic mass is 32.2. The summed E-state index contributed by atoms with van der Waals surface area (Å²) in [5, 5.41) is 17.1. The minimum absolute atomic E-state index is 0.0813. The molecule has 0 atom stereocenters. The number of anilines is 1. The second-order valence-electron chi connectivity index (χ2n) is 4.61. The minimum Gasteiger partial charge on any atom is -0.481 e. The number of carboxylic acid groups (broad SMARTS) is 1. The fourth-order valence-electron chi connectivity index (χ4n) is 2.24. The summed E-state index contributed by atoms with van der Waals surface area (Å²) in [6.07, 6.45) is 0. The normalized spacial score (nSPS) is 10.8. The summed E-state index contributed by atoms with van der Waals surface area (Å²) in [4.78, 5) is 10.7. The van der Waals surface area contributed by atoms with Gasteiger partial charge in [0.2, 0.25) is 5.95 Å². The van der Waals surface area contributed by atoms with E-state index < -0.39 is 5.97 Å². The van der Waals surface area contributed by atoms with Gasteiger partial charge in [-0.25, -0.2) is 0 Å². The number of aliphatic carboxylic acids is 1. The Balaban J connectivity index is 2.52. The van der Waals surface area contributed by atoms with Gasteiger partial charge in [-0.3, -0.25) is 9.36 Å². The van der Waals surface area contributed by atoms with Crippen LogP contribution < -0.4 is 5.73 Å². The number of nitrogen functional groups attached to an aromatic ring is 1. The molecule has 106 valence electrons. The van der Waals surface area contributed by atoms with Gasteiger partial charge in [0.1, 0.15) is 0 Å². The van der Waals surface area contributed by atoms with Crippen LogP contribution in [0.5, 0.6) is 0 Å². The number of rotatable bonds is 4. The van der Waals surface area contributed by atoms with Crippen LogP contribution in [-0.4, -0.2) is 31.6 Å². The molecule has 3 N–H and O–H groups in total. The molecule has 6 nitrogen and oxygen atoms in total. The number of nitrogens with two attached hydrogens (primary N) is 1. The van der Waals surface area contributed by atoms with Crippen molar-refractivity contribution in [3.8, 4) is 5.69 Å². The van der Waals surface area contributed by atoms with Crippen molar-refractivity contribution in [3.05, 3.63) is 28.8 Å². The zero-order valence-electron chi connectivity index (χ0n) is 11.5. The zero-order valence-corrected chi connectivity index (χ0v) is 12.4. The monoisotopic (exact) mass is 292 g/mol. The first-order valence-electron chi connectivity index (χ1n) is 6.04. The predicted molar refractivity (Wildman–Crippen MR) is 78.3 cm³/mol. The lowest BCUT2D eigenvalue weighted by molar-refractivity contribution is -0.133. The van der Waals surface area contributed by atoms with Crippen LogP contribution in [0.2, 0.25) is 0 Å². The van der Waals surface area contributed by atoms with Crippen molar-refractivity contribution in [3.63, 3.8) is 0 Å². The van der Waals surface area contributed by atoms with Gasteiger partial charge in [0.15, 0.2) is 5.16 Å². The van der Waals surface area contributed by atoms with Crippen LogP contribution in [0.25, 0.3) is 5.69 Å². The number of benzene rings is 1. The average molecular weight is 292 g/mol. The number of carbonyl (C=O) groups is 1. The number of thioether (sulfide) groups is 1. The molecule has 0 unspecified atom stereocenters. The molecule has 0 spiro atoms. The fourth-order valence-corrected chi connectivity index (χ4v) is 2.90. The molecule has 1 heterocycles. The van der Waals surface area contributed by atoms with Crippen LogP contribution >= 0.6 is 11.8 Å². The summed E-state index contributed by atoms with van der Waals surface area (Å²) >= 11 is 1.10. The Morgan fingerprint density at radius 2 is 1.90 bits per heavy atom. The SMILES string of the molecule is Cc1cc(C)c(-n2c(N)nnc2SCC(=O)O)c(C)c1. The molecule has 0 saturated heterocycles. The predicted octanol–water partition coefficient (Wildman–Crippen LogP) is 1.95. The molecule has 1 aromatic heterocycles. The van der Waals surface area contributed by atoms with E-state index in [2.05, 4.69) is 10.2 Å². The number of hydrogen-bond donors (Lipinski definition) is 2. The lowest BCUT2D eigenvalue weighted by Crippen LogP contribution is -2.07. The summed E-state index contributed by atoms with van der Waals surface area (Å²) in [5.74, 6) is -0.726. The summed E-state index contributed by atoms with van der Waals surface area (Å²) < 4.78 is 1.71. The van der Waals surface area contributed by atoms with E-state index in [9.17, 15) is 4.79 Å². The van der Waals surface area contributed by atoms with Crippen molar-refractivity contribution in [1.29, 1.82) is 0 Å². The number of hydrogen-bond acceptors (Lipinski definition) is 5. The summed E-state index contributed by atoms with van der Waals surface area (Å²) in [6.45, 7) is 6.00. The van der Waals surface area contributed by atoms with Crippen LogP contribution in [0.4, 0.5) is 5.95 Å². The highest BCUT2D eigenvalue weighted by Crippen LogP contribution is 2.28. The highest BCUT2D eigenvalue weighted by molar-refractivity contribution is 7.99. The first-order valence-corrected chi connectivity index (χ1v) is 7.02. The Bertz CT molecular complexity index is 643. The topological polar surface area (TPSA) is 94.0 Å². The molecule has 2 rings (SSSR count). The lowest BCUT2D eigenvalue weighted by Gasteiger charge is -2.14. The molecule has 0 bridgehead atoms. The smallest absolute Gasteiger partial charge is 0.313 e. The number of aryl methyl sites for hydroxylation is 3. The number of carboxylic acids is 1. The molecule has 20 heavy (non-hydrogen) atoms. The highest BCUT2D eigenvalue weighted by Gasteiger charge is 2.17. The quantitative estimate of drug-likeness (QED) is 0.836. The van der Waals surface area contributed by atoms with Crippen LogP contribution in [0.15, 0.2) is 17.3 Å². The third-order valence-electron chi connectivity index (χ3n) is 2.84. The Hall–Kier alpha value is -2.02. The third kappa shape index (κ3) is 2.77. The molecular weight excluding hydrogens is 276 g/mol. The molecule has 0 fully saturated rings. The van der Waals surface area contributed by atoms with E-state index in [1.165, 1.54) is 0 Å².